The predicted molar refractivity (Wildman–Crippen MR) is 128 cm³/mol. The SMILES string of the molecule is C=C1CC[C@H]2[C@@](C)(CCC[C@]2(C)C(=O)OC)[C@H]1CCc1ccoc1CNC1CCCCC1. The molecule has 4 nitrogen and oxygen atoms in total. The van der Waals surface area contributed by atoms with Gasteiger partial charge in [0.25, 0.3) is 0 Å². The maximum atomic E-state index is 12.8. The molecule has 3 fully saturated rings. The van der Waals surface area contributed by atoms with Gasteiger partial charge in [-0.05, 0) is 87.2 Å². The van der Waals surface area contributed by atoms with Gasteiger partial charge in [-0.3, -0.25) is 4.79 Å². The van der Waals surface area contributed by atoms with Crippen LogP contribution >= 0.6 is 0 Å². The van der Waals surface area contributed by atoms with Gasteiger partial charge >= 0.3 is 5.97 Å². The number of methoxy groups -OCH3 is 1. The molecule has 4 heteroatoms. The number of esters is 1. The van der Waals surface area contributed by atoms with Gasteiger partial charge in [0, 0.05) is 6.04 Å². The molecule has 0 unspecified atom stereocenters. The van der Waals surface area contributed by atoms with Gasteiger partial charge in [-0.15, -0.1) is 0 Å². The Labute approximate surface area is 194 Å². The molecule has 1 aromatic heterocycles. The molecule has 1 heterocycles. The molecule has 3 saturated carbocycles. The van der Waals surface area contributed by atoms with Crippen molar-refractivity contribution in [2.75, 3.05) is 7.11 Å². The topological polar surface area (TPSA) is 51.5 Å². The Kier molecular flexibility index (Phi) is 7.19. The number of allylic oxidation sites excluding steroid dienone is 1. The summed E-state index contributed by atoms with van der Waals surface area (Å²) in [7, 11) is 1.54. The van der Waals surface area contributed by atoms with Crippen LogP contribution in [0, 0.1) is 22.7 Å². The second kappa shape index (κ2) is 9.75. The smallest absolute Gasteiger partial charge is 0.311 e. The Bertz CT molecular complexity index is 807. The normalized spacial score (nSPS) is 33.7. The van der Waals surface area contributed by atoms with E-state index in [1.54, 1.807) is 7.11 Å². The van der Waals surface area contributed by atoms with Crippen molar-refractivity contribution in [3.63, 3.8) is 0 Å². The molecule has 3 aliphatic carbocycles. The molecule has 1 aromatic rings. The molecular weight excluding hydrogens is 398 g/mol. The fraction of sp³-hybridized carbons (Fsp3) is 0.750. The molecule has 1 N–H and O–H groups in total. The second-order valence-corrected chi connectivity index (χ2v) is 11.2. The highest BCUT2D eigenvalue weighted by Crippen LogP contribution is 2.62. The lowest BCUT2D eigenvalue weighted by molar-refractivity contribution is -0.168. The third-order valence-corrected chi connectivity index (χ3v) is 9.37. The highest BCUT2D eigenvalue weighted by molar-refractivity contribution is 5.77. The van der Waals surface area contributed by atoms with Gasteiger partial charge in [-0.25, -0.2) is 0 Å². The summed E-state index contributed by atoms with van der Waals surface area (Å²) in [6.45, 7) is 9.92. The number of carbonyl (C=O) groups excluding carboxylic acids is 1. The number of rotatable bonds is 7. The second-order valence-electron chi connectivity index (χ2n) is 11.2. The first-order chi connectivity index (χ1) is 15.4. The van der Waals surface area contributed by atoms with Crippen molar-refractivity contribution in [1.29, 1.82) is 0 Å². The summed E-state index contributed by atoms with van der Waals surface area (Å²) in [6.07, 6.45) is 15.9. The minimum atomic E-state index is -0.370. The van der Waals surface area contributed by atoms with Crippen LogP contribution in [0.3, 0.4) is 0 Å². The summed E-state index contributed by atoms with van der Waals surface area (Å²) in [4.78, 5) is 12.8. The summed E-state index contributed by atoms with van der Waals surface area (Å²) in [5.41, 5.74) is 2.45. The lowest BCUT2D eigenvalue weighted by Crippen LogP contribution is -2.53. The zero-order valence-corrected chi connectivity index (χ0v) is 20.5. The molecule has 178 valence electrons. The summed E-state index contributed by atoms with van der Waals surface area (Å²) >= 11 is 0. The van der Waals surface area contributed by atoms with Crippen LogP contribution in [0.1, 0.15) is 95.8 Å². The van der Waals surface area contributed by atoms with Gasteiger partial charge < -0.3 is 14.5 Å². The molecule has 0 spiro atoms. The number of fused-ring (bicyclic) bond motifs is 1. The lowest BCUT2D eigenvalue weighted by Gasteiger charge is -2.57. The van der Waals surface area contributed by atoms with E-state index in [-0.39, 0.29) is 16.8 Å². The zero-order chi connectivity index (χ0) is 22.8. The Morgan fingerprint density at radius 1 is 1.19 bits per heavy atom. The first kappa shape index (κ1) is 23.6. The highest BCUT2D eigenvalue weighted by atomic mass is 16.5. The van der Waals surface area contributed by atoms with E-state index >= 15 is 0 Å². The average molecular weight is 442 g/mol. The van der Waals surface area contributed by atoms with Crippen LogP contribution in [0.4, 0.5) is 0 Å². The highest BCUT2D eigenvalue weighted by Gasteiger charge is 2.57. The van der Waals surface area contributed by atoms with E-state index in [1.165, 1.54) is 49.7 Å². The Hall–Kier alpha value is -1.55. The summed E-state index contributed by atoms with van der Waals surface area (Å²) < 4.78 is 11.2. The molecule has 32 heavy (non-hydrogen) atoms. The monoisotopic (exact) mass is 441 g/mol. The van der Waals surface area contributed by atoms with Gasteiger partial charge in [0.2, 0.25) is 0 Å². The van der Waals surface area contributed by atoms with Gasteiger partial charge in [-0.2, -0.15) is 0 Å². The van der Waals surface area contributed by atoms with E-state index in [0.717, 1.165) is 50.8 Å². The van der Waals surface area contributed by atoms with Crippen LogP contribution in [0.2, 0.25) is 0 Å². The average Bonchev–Trinajstić information content (AvgIpc) is 3.24. The zero-order valence-electron chi connectivity index (χ0n) is 20.5. The molecule has 0 aliphatic heterocycles. The van der Waals surface area contributed by atoms with E-state index in [2.05, 4.69) is 31.8 Å². The van der Waals surface area contributed by atoms with Crippen LogP contribution in [0.5, 0.6) is 0 Å². The number of hydrogen-bond donors (Lipinski definition) is 1. The fourth-order valence-corrected chi connectivity index (χ4v) is 7.55. The molecule has 3 aliphatic rings. The predicted octanol–water partition coefficient (Wildman–Crippen LogP) is 6.59. The molecule has 4 rings (SSSR count). The Morgan fingerprint density at radius 3 is 2.72 bits per heavy atom. The Morgan fingerprint density at radius 2 is 1.97 bits per heavy atom. The molecular formula is C28H43NO3. The fourth-order valence-electron chi connectivity index (χ4n) is 7.55. The summed E-state index contributed by atoms with van der Waals surface area (Å²) in [6, 6.07) is 2.79. The number of hydrogen-bond acceptors (Lipinski definition) is 4. The van der Waals surface area contributed by atoms with E-state index < -0.39 is 0 Å². The van der Waals surface area contributed by atoms with Gasteiger partial charge in [0.05, 0.1) is 25.3 Å². The van der Waals surface area contributed by atoms with E-state index in [0.29, 0.717) is 17.9 Å². The first-order valence-corrected chi connectivity index (χ1v) is 12.9. The minimum Gasteiger partial charge on any atom is -0.469 e. The summed E-state index contributed by atoms with van der Waals surface area (Å²) in [5.74, 6) is 1.88. The third kappa shape index (κ3) is 4.44. The van der Waals surface area contributed by atoms with Gasteiger partial charge in [0.1, 0.15) is 5.76 Å². The maximum absolute atomic E-state index is 12.8. The quantitative estimate of drug-likeness (QED) is 0.383. The molecule has 0 amide bonds. The van der Waals surface area contributed by atoms with Crippen LogP contribution < -0.4 is 5.32 Å². The van der Waals surface area contributed by atoms with Crippen LogP contribution in [0.25, 0.3) is 0 Å². The Balaban J connectivity index is 1.44. The number of aryl methyl sites for hydroxylation is 1. The maximum Gasteiger partial charge on any atom is 0.311 e. The minimum absolute atomic E-state index is 0.0226. The number of nitrogens with one attached hydrogen (secondary N) is 1. The van der Waals surface area contributed by atoms with Crippen molar-refractivity contribution >= 4 is 5.97 Å². The van der Waals surface area contributed by atoms with E-state index in [4.69, 9.17) is 9.15 Å². The van der Waals surface area contributed by atoms with Crippen LogP contribution in [0.15, 0.2) is 28.9 Å². The van der Waals surface area contributed by atoms with Crippen molar-refractivity contribution in [2.45, 2.75) is 103 Å². The first-order valence-electron chi connectivity index (χ1n) is 12.9. The third-order valence-electron chi connectivity index (χ3n) is 9.37. The van der Waals surface area contributed by atoms with Crippen molar-refractivity contribution in [1.82, 2.24) is 5.32 Å². The molecule has 0 radical (unpaired) electrons. The summed E-state index contributed by atoms with van der Waals surface area (Å²) in [5, 5.41) is 3.73. The standard InChI is InChI=1S/C28H43NO3/c1-20-11-14-25-27(2,16-8-17-28(25,3)26(30)31-4)23(20)13-12-21-15-18-32-24(21)19-29-22-9-6-5-7-10-22/h15,18,22-23,25,29H,1,5-14,16-17,19H2,2-4H3/t23-,25-,27-,28-/m0/s1. The van der Waals surface area contributed by atoms with Gasteiger partial charge in [0.15, 0.2) is 0 Å². The van der Waals surface area contributed by atoms with Gasteiger partial charge in [-0.1, -0.05) is 44.8 Å². The van der Waals surface area contributed by atoms with Crippen molar-refractivity contribution < 1.29 is 13.9 Å². The molecule has 0 aromatic carbocycles. The van der Waals surface area contributed by atoms with Crippen molar-refractivity contribution in [2.24, 2.45) is 22.7 Å². The number of carbonyl (C=O) groups is 1. The van der Waals surface area contributed by atoms with Crippen LogP contribution in [-0.4, -0.2) is 19.1 Å². The molecule has 0 saturated heterocycles. The van der Waals surface area contributed by atoms with E-state index in [1.807, 2.05) is 6.26 Å². The molecule has 0 bridgehead atoms. The van der Waals surface area contributed by atoms with Crippen molar-refractivity contribution in [3.05, 3.63) is 35.8 Å². The van der Waals surface area contributed by atoms with Crippen molar-refractivity contribution in [3.8, 4) is 0 Å². The number of furan rings is 1. The molecule has 4 atom stereocenters. The van der Waals surface area contributed by atoms with Crippen LogP contribution in [-0.2, 0) is 22.5 Å². The van der Waals surface area contributed by atoms with E-state index in [9.17, 15) is 4.79 Å². The number of ether oxygens (including phenoxy) is 1. The lowest BCUT2D eigenvalue weighted by atomic mass is 9.46. The largest absolute Gasteiger partial charge is 0.469 e.